The number of hydrogen-bond acceptors (Lipinski definition) is 10. The molecular formula is C42H45ClF2N8O5S. The lowest BCUT2D eigenvalue weighted by Crippen LogP contribution is -2.45. The van der Waals surface area contributed by atoms with Crippen LogP contribution in [0.1, 0.15) is 47.7 Å². The average Bonchev–Trinajstić information content (AvgIpc) is 3.93. The molecule has 3 aliphatic rings. The van der Waals surface area contributed by atoms with Gasteiger partial charge in [-0.3, -0.25) is 23.1 Å². The van der Waals surface area contributed by atoms with Crippen molar-refractivity contribution in [3.8, 4) is 28.3 Å². The van der Waals surface area contributed by atoms with Crippen molar-refractivity contribution in [1.82, 2.24) is 33.2 Å². The van der Waals surface area contributed by atoms with Crippen LogP contribution < -0.4 is 21.3 Å². The molecule has 5 heterocycles. The van der Waals surface area contributed by atoms with Gasteiger partial charge in [-0.25, -0.2) is 28.3 Å². The molecule has 5 aromatic rings. The van der Waals surface area contributed by atoms with Crippen LogP contribution in [-0.2, 0) is 25.3 Å². The second-order valence-electron chi connectivity index (χ2n) is 15.3. The molecule has 8 rings (SSSR count). The monoisotopic (exact) mass is 846 g/mol. The Hall–Kier alpha value is -5.03. The molecule has 2 aliphatic heterocycles. The molecule has 13 nitrogen and oxygen atoms in total. The zero-order valence-corrected chi connectivity index (χ0v) is 35.2. The minimum absolute atomic E-state index is 0.00658. The number of nitrogens with one attached hydrogen (secondary N) is 1. The number of likely N-dealkylation sites (tertiary alicyclic amines) is 1. The number of rotatable bonds is 11. The Morgan fingerprint density at radius 3 is 2.49 bits per heavy atom. The standard InChI is InChI=1S/C42H45ClF2N8O5S/c1-23-25(9-8-12-28(23)46-37-34-32(20-30(47-37)36(44)45)49(2)40(55)50(3)39(34)54)26-10-7-11-27(35(26)43)29-19-24-13-14-31(33(24)38(48-29)58-5)51-16-15-42(21-51)22-52(17-18-57-4)41(56)53(42)59-6/h7-12,19-20,31,36H,13-18,21-22H2,1-6H3,(H,46,47). The third-order valence-electron chi connectivity index (χ3n) is 12.1. The van der Waals surface area contributed by atoms with Crippen LogP contribution in [0.4, 0.5) is 25.1 Å². The Bertz CT molecular complexity index is 2620. The topological polar surface area (TPSA) is 127 Å². The normalized spacial score (nSPS) is 19.2. The van der Waals surface area contributed by atoms with Gasteiger partial charge < -0.3 is 19.7 Å². The van der Waals surface area contributed by atoms with E-state index >= 15 is 0 Å². The number of halogens is 3. The number of methoxy groups -OCH3 is 2. The Labute approximate surface area is 349 Å². The number of ether oxygens (including phenoxy) is 2. The fourth-order valence-corrected chi connectivity index (χ4v) is 10.3. The number of amides is 2. The Morgan fingerprint density at radius 2 is 1.76 bits per heavy atom. The molecule has 1 spiro atoms. The summed E-state index contributed by atoms with van der Waals surface area (Å²) in [5.41, 5.74) is 4.19. The van der Waals surface area contributed by atoms with Gasteiger partial charge in [0.05, 0.1) is 35.5 Å². The van der Waals surface area contributed by atoms with Crippen molar-refractivity contribution >= 4 is 52.0 Å². The van der Waals surface area contributed by atoms with Crippen LogP contribution in [0.5, 0.6) is 5.88 Å². The van der Waals surface area contributed by atoms with Gasteiger partial charge in [0.1, 0.15) is 16.9 Å². The van der Waals surface area contributed by atoms with E-state index in [1.807, 2.05) is 46.7 Å². The van der Waals surface area contributed by atoms with Gasteiger partial charge in [0, 0.05) is 82.1 Å². The summed E-state index contributed by atoms with van der Waals surface area (Å²) < 4.78 is 43.4. The van der Waals surface area contributed by atoms with E-state index in [2.05, 4.69) is 21.3 Å². The molecular weight excluding hydrogens is 802 g/mol. The highest BCUT2D eigenvalue weighted by molar-refractivity contribution is 7.96. The molecule has 2 fully saturated rings. The van der Waals surface area contributed by atoms with Crippen LogP contribution in [0.3, 0.4) is 0 Å². The summed E-state index contributed by atoms with van der Waals surface area (Å²) in [5.74, 6) is 0.457. The molecule has 3 aromatic heterocycles. The van der Waals surface area contributed by atoms with E-state index < -0.39 is 23.4 Å². The number of aryl methyl sites for hydroxylation is 2. The number of hydrogen-bond donors (Lipinski definition) is 1. The largest absolute Gasteiger partial charge is 0.481 e. The van der Waals surface area contributed by atoms with Crippen molar-refractivity contribution in [3.05, 3.63) is 96.8 Å². The molecule has 2 atom stereocenters. The third-order valence-corrected chi connectivity index (χ3v) is 13.4. The van der Waals surface area contributed by atoms with Crippen molar-refractivity contribution in [1.29, 1.82) is 0 Å². The van der Waals surface area contributed by atoms with E-state index in [1.165, 1.54) is 26.0 Å². The molecule has 0 bridgehead atoms. The predicted octanol–water partition coefficient (Wildman–Crippen LogP) is 7.11. The lowest BCUT2D eigenvalue weighted by molar-refractivity contribution is 0.146. The number of alkyl halides is 2. The highest BCUT2D eigenvalue weighted by Gasteiger charge is 2.54. The second-order valence-corrected chi connectivity index (χ2v) is 16.4. The van der Waals surface area contributed by atoms with Crippen molar-refractivity contribution in [3.63, 3.8) is 0 Å². The Morgan fingerprint density at radius 1 is 1.02 bits per heavy atom. The molecule has 17 heteroatoms. The van der Waals surface area contributed by atoms with Gasteiger partial charge in [-0.05, 0) is 73.0 Å². The van der Waals surface area contributed by atoms with Gasteiger partial charge in [0.2, 0.25) is 5.88 Å². The summed E-state index contributed by atoms with van der Waals surface area (Å²) in [6, 6.07) is 14.5. The molecule has 2 unspecified atom stereocenters. The lowest BCUT2D eigenvalue weighted by Gasteiger charge is -2.33. The predicted molar refractivity (Wildman–Crippen MR) is 226 cm³/mol. The fourth-order valence-electron chi connectivity index (χ4n) is 9.10. The van der Waals surface area contributed by atoms with Crippen molar-refractivity contribution in [2.75, 3.05) is 58.6 Å². The van der Waals surface area contributed by atoms with Crippen molar-refractivity contribution in [2.45, 2.75) is 44.2 Å². The van der Waals surface area contributed by atoms with E-state index in [1.54, 1.807) is 26.4 Å². The molecule has 1 aliphatic carbocycles. The van der Waals surface area contributed by atoms with Crippen molar-refractivity contribution < 1.29 is 23.0 Å². The zero-order chi connectivity index (χ0) is 41.9. The fraction of sp³-hybridized carbons (Fsp3) is 0.405. The van der Waals surface area contributed by atoms with Gasteiger partial charge in [-0.1, -0.05) is 41.9 Å². The minimum Gasteiger partial charge on any atom is -0.481 e. The number of anilines is 2. The maximum absolute atomic E-state index is 14.1. The lowest BCUT2D eigenvalue weighted by atomic mass is 9.96. The van der Waals surface area contributed by atoms with E-state index in [9.17, 15) is 23.2 Å². The molecule has 310 valence electrons. The summed E-state index contributed by atoms with van der Waals surface area (Å²) in [4.78, 5) is 52.9. The maximum atomic E-state index is 14.1. The SMILES string of the molecule is COCCN1CC2(CCN(C3CCc4cc(-c5cccc(-c6cccc(Nc7nc(C(F)F)cc8c7c(=O)n(C)c(=O)n8C)c6C)c5Cl)nc(OC)c43)C2)N(SC)C1=O. The average molecular weight is 847 g/mol. The summed E-state index contributed by atoms with van der Waals surface area (Å²) >= 11 is 8.76. The summed E-state index contributed by atoms with van der Waals surface area (Å²) in [7, 11) is 6.04. The number of carbonyl (C=O) groups excluding carboxylic acids is 1. The van der Waals surface area contributed by atoms with Crippen LogP contribution in [0, 0.1) is 6.92 Å². The van der Waals surface area contributed by atoms with E-state index in [0.717, 1.165) is 69.8 Å². The molecule has 0 radical (unpaired) electrons. The second kappa shape index (κ2) is 15.9. The molecule has 1 N–H and O–H groups in total. The van der Waals surface area contributed by atoms with Crippen LogP contribution in [0.2, 0.25) is 5.02 Å². The molecule has 0 saturated carbocycles. The first-order valence-electron chi connectivity index (χ1n) is 19.3. The molecule has 2 aromatic carbocycles. The van der Waals surface area contributed by atoms with E-state index in [0.29, 0.717) is 53.1 Å². The van der Waals surface area contributed by atoms with Crippen LogP contribution >= 0.6 is 23.5 Å². The first-order valence-corrected chi connectivity index (χ1v) is 20.9. The van der Waals surface area contributed by atoms with Gasteiger partial charge >= 0.3 is 11.7 Å². The highest BCUT2D eigenvalue weighted by atomic mass is 35.5. The first-order chi connectivity index (χ1) is 28.3. The third kappa shape index (κ3) is 6.83. The van der Waals surface area contributed by atoms with Crippen LogP contribution in [0.15, 0.2) is 58.1 Å². The minimum atomic E-state index is -2.94. The van der Waals surface area contributed by atoms with Gasteiger partial charge in [-0.2, -0.15) is 0 Å². The van der Waals surface area contributed by atoms with Gasteiger partial charge in [0.15, 0.2) is 0 Å². The number of nitrogens with zero attached hydrogens (tertiary/aromatic N) is 7. The molecule has 2 amide bonds. The van der Waals surface area contributed by atoms with Gasteiger partial charge in [0.25, 0.3) is 12.0 Å². The quantitative estimate of drug-likeness (QED) is 0.138. The Balaban J connectivity index is 1.11. The molecule has 2 saturated heterocycles. The smallest absolute Gasteiger partial charge is 0.330 e. The number of carbonyl (C=O) groups is 1. The van der Waals surface area contributed by atoms with Gasteiger partial charge in [-0.15, -0.1) is 0 Å². The number of urea groups is 1. The molecule has 59 heavy (non-hydrogen) atoms. The summed E-state index contributed by atoms with van der Waals surface area (Å²) in [6.45, 7) is 5.18. The highest BCUT2D eigenvalue weighted by Crippen LogP contribution is 2.48. The van der Waals surface area contributed by atoms with E-state index in [4.69, 9.17) is 26.1 Å². The number of benzene rings is 2. The zero-order valence-electron chi connectivity index (χ0n) is 33.6. The van der Waals surface area contributed by atoms with E-state index in [-0.39, 0.29) is 34.3 Å². The number of fused-ring (bicyclic) bond motifs is 2. The maximum Gasteiger partial charge on any atom is 0.330 e. The summed E-state index contributed by atoms with van der Waals surface area (Å²) in [6.07, 6.45) is 1.62. The Kier molecular flexibility index (Phi) is 11.0. The first kappa shape index (κ1) is 40.7. The number of pyridine rings is 2. The number of aromatic nitrogens is 4. The summed E-state index contributed by atoms with van der Waals surface area (Å²) in [5, 5.41) is 3.60. The van der Waals surface area contributed by atoms with Crippen LogP contribution in [0.25, 0.3) is 33.3 Å². The van der Waals surface area contributed by atoms with Crippen molar-refractivity contribution in [2.24, 2.45) is 14.1 Å². The van der Waals surface area contributed by atoms with Crippen LogP contribution in [-0.4, -0.2) is 98.0 Å².